The van der Waals surface area contributed by atoms with E-state index in [0.717, 1.165) is 27.8 Å². The zero-order valence-corrected chi connectivity index (χ0v) is 19.2. The van der Waals surface area contributed by atoms with Gasteiger partial charge in [0, 0.05) is 36.3 Å². The number of hydrogen-bond donors (Lipinski definition) is 2. The topological polar surface area (TPSA) is 97.4 Å². The van der Waals surface area contributed by atoms with Gasteiger partial charge in [0.2, 0.25) is 15.9 Å². The third-order valence-electron chi connectivity index (χ3n) is 4.78. The first-order chi connectivity index (χ1) is 15.9. The molecule has 1 aromatic heterocycles. The second-order valence-corrected chi connectivity index (χ2v) is 9.06. The molecule has 1 unspecified atom stereocenters. The second-order valence-electron chi connectivity index (χ2n) is 7.41. The molecule has 3 aromatic rings. The highest BCUT2D eigenvalue weighted by molar-refractivity contribution is 7.92. The molecule has 0 bridgehead atoms. The summed E-state index contributed by atoms with van der Waals surface area (Å²) < 4.78 is 32.3. The summed E-state index contributed by atoms with van der Waals surface area (Å²) in [4.78, 5) is 16.3. The maximum atomic E-state index is 12.2. The lowest BCUT2D eigenvalue weighted by molar-refractivity contribution is -0.121. The number of hydrogen-bond acceptors (Lipinski definition) is 5. The Morgan fingerprint density at radius 3 is 2.52 bits per heavy atom. The van der Waals surface area contributed by atoms with Crippen LogP contribution in [-0.4, -0.2) is 25.9 Å². The SMILES string of the molecule is CC(NC(=O)CCNS(=O)(=O)/C=C/c1ccccc1)c1ccc(OCc2cccnc2)cc1. The molecule has 1 heterocycles. The van der Waals surface area contributed by atoms with E-state index in [1.165, 1.54) is 6.08 Å². The minimum absolute atomic E-state index is 0.0150. The van der Waals surface area contributed by atoms with Crippen LogP contribution in [0.4, 0.5) is 0 Å². The third-order valence-corrected chi connectivity index (χ3v) is 5.88. The van der Waals surface area contributed by atoms with Gasteiger partial charge in [-0.3, -0.25) is 9.78 Å². The number of carbonyl (C=O) groups excluding carboxylic acids is 1. The Hall–Kier alpha value is -3.49. The van der Waals surface area contributed by atoms with Crippen LogP contribution in [0.25, 0.3) is 6.08 Å². The predicted octanol–water partition coefficient (Wildman–Crippen LogP) is 3.82. The van der Waals surface area contributed by atoms with Gasteiger partial charge in [-0.2, -0.15) is 0 Å². The number of pyridine rings is 1. The molecule has 172 valence electrons. The smallest absolute Gasteiger partial charge is 0.233 e. The molecular weight excluding hydrogens is 438 g/mol. The second kappa shape index (κ2) is 11.9. The number of carbonyl (C=O) groups is 1. The molecule has 0 fully saturated rings. The molecule has 1 amide bonds. The Bertz CT molecular complexity index is 1150. The minimum Gasteiger partial charge on any atom is -0.489 e. The largest absolute Gasteiger partial charge is 0.489 e. The summed E-state index contributed by atoms with van der Waals surface area (Å²) in [7, 11) is -3.61. The average molecular weight is 466 g/mol. The van der Waals surface area contributed by atoms with Crippen LogP contribution in [0.1, 0.15) is 36.1 Å². The van der Waals surface area contributed by atoms with Gasteiger partial charge in [0.15, 0.2) is 0 Å². The highest BCUT2D eigenvalue weighted by Crippen LogP contribution is 2.18. The maximum Gasteiger partial charge on any atom is 0.233 e. The van der Waals surface area contributed by atoms with Crippen LogP contribution in [0.2, 0.25) is 0 Å². The lowest BCUT2D eigenvalue weighted by atomic mass is 10.1. The number of rotatable bonds is 11. The van der Waals surface area contributed by atoms with Crippen molar-refractivity contribution >= 4 is 22.0 Å². The van der Waals surface area contributed by atoms with Gasteiger partial charge in [0.05, 0.1) is 6.04 Å². The van der Waals surface area contributed by atoms with E-state index in [4.69, 9.17) is 4.74 Å². The number of ether oxygens (including phenoxy) is 1. The van der Waals surface area contributed by atoms with Gasteiger partial charge in [0.25, 0.3) is 0 Å². The highest BCUT2D eigenvalue weighted by Gasteiger charge is 2.11. The molecule has 7 nitrogen and oxygen atoms in total. The van der Waals surface area contributed by atoms with E-state index in [1.807, 2.05) is 61.5 Å². The molecule has 2 aromatic carbocycles. The van der Waals surface area contributed by atoms with Crippen molar-refractivity contribution in [2.75, 3.05) is 6.54 Å². The fourth-order valence-corrected chi connectivity index (χ4v) is 3.81. The number of nitrogens with one attached hydrogen (secondary N) is 2. The number of benzene rings is 2. The standard InChI is InChI=1S/C25H27N3O4S/c1-20(23-9-11-24(12-10-23)32-19-22-8-5-15-26-18-22)28-25(29)13-16-27-33(30,31)17-14-21-6-3-2-4-7-21/h2-12,14-15,17-18,20,27H,13,16,19H2,1H3,(H,28,29)/b17-14+. The number of amides is 1. The molecule has 0 spiro atoms. The molecule has 0 saturated carbocycles. The number of nitrogens with zero attached hydrogens (tertiary/aromatic N) is 1. The van der Waals surface area contributed by atoms with Crippen molar-refractivity contribution in [3.8, 4) is 5.75 Å². The average Bonchev–Trinajstić information content (AvgIpc) is 2.83. The lowest BCUT2D eigenvalue weighted by Crippen LogP contribution is -2.31. The van der Waals surface area contributed by atoms with E-state index in [0.29, 0.717) is 6.61 Å². The molecule has 1 atom stereocenters. The number of aromatic nitrogens is 1. The van der Waals surface area contributed by atoms with Crippen LogP contribution in [0.5, 0.6) is 5.75 Å². The first-order valence-electron chi connectivity index (χ1n) is 10.5. The summed E-state index contributed by atoms with van der Waals surface area (Å²) in [6.45, 7) is 2.31. The van der Waals surface area contributed by atoms with Crippen molar-refractivity contribution < 1.29 is 17.9 Å². The van der Waals surface area contributed by atoms with Crippen molar-refractivity contribution in [3.63, 3.8) is 0 Å². The zero-order valence-electron chi connectivity index (χ0n) is 18.3. The van der Waals surface area contributed by atoms with Crippen LogP contribution < -0.4 is 14.8 Å². The lowest BCUT2D eigenvalue weighted by Gasteiger charge is -2.15. The van der Waals surface area contributed by atoms with Crippen molar-refractivity contribution in [1.29, 1.82) is 0 Å². The van der Waals surface area contributed by atoms with Gasteiger partial charge in [-0.15, -0.1) is 0 Å². The summed E-state index contributed by atoms with van der Waals surface area (Å²) in [6, 6.07) is 20.2. The molecule has 0 aliphatic carbocycles. The first kappa shape index (κ1) is 24.2. The molecule has 3 rings (SSSR count). The molecule has 0 radical (unpaired) electrons. The fraction of sp³-hybridized carbons (Fsp3) is 0.200. The summed E-state index contributed by atoms with van der Waals surface area (Å²) in [5.41, 5.74) is 2.68. The summed E-state index contributed by atoms with van der Waals surface area (Å²) in [5, 5.41) is 3.97. The Kier molecular flexibility index (Phi) is 8.74. The van der Waals surface area contributed by atoms with Gasteiger partial charge in [-0.25, -0.2) is 13.1 Å². The quantitative estimate of drug-likeness (QED) is 0.449. The van der Waals surface area contributed by atoms with Gasteiger partial charge in [-0.05, 0) is 42.3 Å². The fourth-order valence-electron chi connectivity index (χ4n) is 2.99. The monoisotopic (exact) mass is 465 g/mol. The summed E-state index contributed by atoms with van der Waals surface area (Å²) in [5.74, 6) is 0.480. The normalized spacial score (nSPS) is 12.4. The Morgan fingerprint density at radius 2 is 1.82 bits per heavy atom. The van der Waals surface area contributed by atoms with Crippen LogP contribution in [0, 0.1) is 0 Å². The Morgan fingerprint density at radius 1 is 1.06 bits per heavy atom. The van der Waals surface area contributed by atoms with Crippen LogP contribution in [0.3, 0.4) is 0 Å². The van der Waals surface area contributed by atoms with Crippen LogP contribution in [-0.2, 0) is 21.4 Å². The molecule has 0 aliphatic heterocycles. The van der Waals surface area contributed by atoms with Crippen LogP contribution >= 0.6 is 0 Å². The minimum atomic E-state index is -3.61. The van der Waals surface area contributed by atoms with Gasteiger partial charge in [0.1, 0.15) is 12.4 Å². The first-order valence-corrected chi connectivity index (χ1v) is 12.1. The van der Waals surface area contributed by atoms with Crippen molar-refractivity contribution in [1.82, 2.24) is 15.0 Å². The van der Waals surface area contributed by atoms with Crippen molar-refractivity contribution in [2.45, 2.75) is 26.0 Å². The molecule has 33 heavy (non-hydrogen) atoms. The molecule has 8 heteroatoms. The van der Waals surface area contributed by atoms with Crippen molar-refractivity contribution in [2.24, 2.45) is 0 Å². The predicted molar refractivity (Wildman–Crippen MR) is 129 cm³/mol. The highest BCUT2D eigenvalue weighted by atomic mass is 32.2. The van der Waals surface area contributed by atoms with E-state index in [9.17, 15) is 13.2 Å². The van der Waals surface area contributed by atoms with E-state index in [1.54, 1.807) is 24.5 Å². The number of sulfonamides is 1. The van der Waals surface area contributed by atoms with Crippen LogP contribution in [0.15, 0.2) is 84.5 Å². The molecule has 0 saturated heterocycles. The van der Waals surface area contributed by atoms with Gasteiger partial charge >= 0.3 is 0 Å². The van der Waals surface area contributed by atoms with Gasteiger partial charge < -0.3 is 10.1 Å². The van der Waals surface area contributed by atoms with Gasteiger partial charge in [-0.1, -0.05) is 48.5 Å². The molecule has 0 aliphatic rings. The zero-order chi connectivity index (χ0) is 23.5. The summed E-state index contributed by atoms with van der Waals surface area (Å²) in [6.07, 6.45) is 5.02. The van der Waals surface area contributed by atoms with E-state index in [2.05, 4.69) is 15.0 Å². The molecule has 2 N–H and O–H groups in total. The molecular formula is C25H27N3O4S. The summed E-state index contributed by atoms with van der Waals surface area (Å²) >= 11 is 0. The van der Waals surface area contributed by atoms with E-state index >= 15 is 0 Å². The van der Waals surface area contributed by atoms with E-state index in [-0.39, 0.29) is 24.9 Å². The van der Waals surface area contributed by atoms with E-state index < -0.39 is 10.0 Å². The maximum absolute atomic E-state index is 12.2. The third kappa shape index (κ3) is 8.51. The Labute approximate surface area is 194 Å². The van der Waals surface area contributed by atoms with Crippen molar-refractivity contribution in [3.05, 3.63) is 101 Å². The Balaban J connectivity index is 1.41.